The van der Waals surface area contributed by atoms with Crippen molar-refractivity contribution in [3.8, 4) is 23.7 Å². The van der Waals surface area contributed by atoms with E-state index in [-0.39, 0.29) is 13.2 Å². The van der Waals surface area contributed by atoms with Crippen molar-refractivity contribution in [2.24, 2.45) is 0 Å². The lowest BCUT2D eigenvalue weighted by Crippen LogP contribution is -1.80. The molecule has 0 spiro atoms. The van der Waals surface area contributed by atoms with Crippen molar-refractivity contribution in [1.82, 2.24) is 0 Å². The average molecular weight is 200 g/mol. The second-order valence-electron chi connectivity index (χ2n) is 2.81. The van der Waals surface area contributed by atoms with E-state index < -0.39 is 0 Å². The molecule has 0 heterocycles. The van der Waals surface area contributed by atoms with Gasteiger partial charge in [-0.1, -0.05) is 23.7 Å². The van der Waals surface area contributed by atoms with Gasteiger partial charge in [-0.15, -0.1) is 0 Å². The molecule has 1 aromatic carbocycles. The summed E-state index contributed by atoms with van der Waals surface area (Å²) in [6.45, 7) is -0.0366. The van der Waals surface area contributed by atoms with E-state index in [4.69, 9.17) is 10.2 Å². The van der Waals surface area contributed by atoms with Gasteiger partial charge in [-0.2, -0.15) is 0 Å². The Morgan fingerprint density at radius 1 is 0.867 bits per heavy atom. The topological polar surface area (TPSA) is 40.5 Å². The molecule has 0 radical (unpaired) electrons. The highest BCUT2D eigenvalue weighted by atomic mass is 16.3. The van der Waals surface area contributed by atoms with Crippen LogP contribution in [0.5, 0.6) is 0 Å². The van der Waals surface area contributed by atoms with Crippen LogP contribution >= 0.6 is 0 Å². The monoisotopic (exact) mass is 200 g/mol. The molecule has 0 fully saturated rings. The second kappa shape index (κ2) is 6.68. The molecule has 0 saturated heterocycles. The van der Waals surface area contributed by atoms with Crippen LogP contribution < -0.4 is 0 Å². The Labute approximate surface area is 89.6 Å². The number of aliphatic hydroxyl groups is 2. The van der Waals surface area contributed by atoms with E-state index in [2.05, 4.69) is 23.7 Å². The summed E-state index contributed by atoms with van der Waals surface area (Å²) >= 11 is 0. The van der Waals surface area contributed by atoms with E-state index in [9.17, 15) is 0 Å². The minimum atomic E-state index is -0.127. The summed E-state index contributed by atoms with van der Waals surface area (Å²) in [6.07, 6.45) is 0.492. The molecular weight excluding hydrogens is 188 g/mol. The summed E-state index contributed by atoms with van der Waals surface area (Å²) in [5, 5.41) is 17.0. The predicted octanol–water partition coefficient (Wildman–Crippen LogP) is 0.764. The zero-order valence-electron chi connectivity index (χ0n) is 8.33. The maximum Gasteiger partial charge on any atom is 0.104 e. The second-order valence-corrected chi connectivity index (χ2v) is 2.81. The van der Waals surface area contributed by atoms with Crippen molar-refractivity contribution in [1.29, 1.82) is 0 Å². The third-order valence-corrected chi connectivity index (χ3v) is 1.67. The van der Waals surface area contributed by atoms with Gasteiger partial charge in [0, 0.05) is 17.5 Å². The van der Waals surface area contributed by atoms with E-state index in [1.807, 2.05) is 24.3 Å². The highest BCUT2D eigenvalue weighted by Gasteiger charge is 1.87. The molecule has 2 nitrogen and oxygen atoms in total. The fourth-order valence-electron chi connectivity index (χ4n) is 0.999. The Morgan fingerprint density at radius 3 is 1.87 bits per heavy atom. The van der Waals surface area contributed by atoms with Crippen LogP contribution in [0.3, 0.4) is 0 Å². The minimum Gasteiger partial charge on any atom is -0.395 e. The molecule has 0 aromatic heterocycles. The number of hydrogen-bond donors (Lipinski definition) is 2. The summed E-state index contributed by atoms with van der Waals surface area (Å²) in [4.78, 5) is 0. The molecule has 1 aromatic rings. The summed E-state index contributed by atoms with van der Waals surface area (Å²) < 4.78 is 0. The van der Waals surface area contributed by atoms with Crippen LogP contribution in [0.2, 0.25) is 0 Å². The maximum absolute atomic E-state index is 8.54. The fraction of sp³-hybridized carbons (Fsp3) is 0.231. The van der Waals surface area contributed by atoms with Gasteiger partial charge in [-0.3, -0.25) is 0 Å². The molecule has 1 rings (SSSR count). The van der Waals surface area contributed by atoms with Crippen LogP contribution in [0.4, 0.5) is 0 Å². The van der Waals surface area contributed by atoms with Crippen molar-refractivity contribution >= 4 is 0 Å². The van der Waals surface area contributed by atoms with Gasteiger partial charge in [0.1, 0.15) is 6.61 Å². The Bertz CT molecular complexity index is 410. The average Bonchev–Trinajstić information content (AvgIpc) is 2.28. The van der Waals surface area contributed by atoms with E-state index >= 15 is 0 Å². The third kappa shape index (κ3) is 4.33. The first-order valence-electron chi connectivity index (χ1n) is 4.66. The maximum atomic E-state index is 8.54. The number of benzene rings is 1. The van der Waals surface area contributed by atoms with Crippen LogP contribution in [0.1, 0.15) is 17.5 Å². The normalized spacial score (nSPS) is 8.40. The molecule has 2 heteroatoms. The molecule has 2 N–H and O–H groups in total. The highest BCUT2D eigenvalue weighted by Crippen LogP contribution is 2.01. The van der Waals surface area contributed by atoms with Crippen molar-refractivity contribution < 1.29 is 10.2 Å². The standard InChI is InChI=1S/C13H12O2/c14-10-2-1-4-12-6-8-13(9-7-12)5-3-11-15/h6-9,14-15H,2,10-11H2. The van der Waals surface area contributed by atoms with Gasteiger partial charge in [-0.05, 0) is 24.3 Å². The van der Waals surface area contributed by atoms with Crippen LogP contribution in [-0.4, -0.2) is 23.4 Å². The molecule has 0 bridgehead atoms. The van der Waals surface area contributed by atoms with E-state index in [0.717, 1.165) is 11.1 Å². The largest absolute Gasteiger partial charge is 0.395 e. The van der Waals surface area contributed by atoms with Crippen LogP contribution in [0, 0.1) is 23.7 Å². The fourth-order valence-corrected chi connectivity index (χ4v) is 0.999. The Balaban J connectivity index is 2.69. The summed E-state index contributed by atoms with van der Waals surface area (Å²) in [5.74, 6) is 11.1. The summed E-state index contributed by atoms with van der Waals surface area (Å²) in [5.41, 5.74) is 1.76. The van der Waals surface area contributed by atoms with Gasteiger partial charge < -0.3 is 10.2 Å². The number of aliphatic hydroxyl groups excluding tert-OH is 2. The highest BCUT2D eigenvalue weighted by molar-refractivity contribution is 5.41. The van der Waals surface area contributed by atoms with Crippen LogP contribution in [0.25, 0.3) is 0 Å². The predicted molar refractivity (Wildman–Crippen MR) is 59.0 cm³/mol. The molecule has 0 aliphatic carbocycles. The first-order chi connectivity index (χ1) is 7.36. The van der Waals surface area contributed by atoms with Crippen molar-refractivity contribution in [2.45, 2.75) is 6.42 Å². The van der Waals surface area contributed by atoms with Gasteiger partial charge in [0.25, 0.3) is 0 Å². The zero-order chi connectivity index (χ0) is 10.9. The van der Waals surface area contributed by atoms with Gasteiger partial charge in [0.15, 0.2) is 0 Å². The van der Waals surface area contributed by atoms with E-state index in [1.54, 1.807) is 0 Å². The molecule has 0 aliphatic heterocycles. The lowest BCUT2D eigenvalue weighted by atomic mass is 10.1. The Hall–Kier alpha value is -1.74. The summed E-state index contributed by atoms with van der Waals surface area (Å²) in [6, 6.07) is 7.44. The Kier molecular flexibility index (Phi) is 5.04. The zero-order valence-corrected chi connectivity index (χ0v) is 8.33. The van der Waals surface area contributed by atoms with Crippen molar-refractivity contribution in [3.05, 3.63) is 35.4 Å². The van der Waals surface area contributed by atoms with E-state index in [1.165, 1.54) is 0 Å². The first kappa shape index (κ1) is 11.3. The molecule has 0 atom stereocenters. The minimum absolute atomic E-state index is 0.0903. The van der Waals surface area contributed by atoms with Gasteiger partial charge in [0.05, 0.1) is 6.61 Å². The lowest BCUT2D eigenvalue weighted by Gasteiger charge is -1.91. The van der Waals surface area contributed by atoms with Crippen LogP contribution in [0.15, 0.2) is 24.3 Å². The van der Waals surface area contributed by atoms with Gasteiger partial charge in [0.2, 0.25) is 0 Å². The lowest BCUT2D eigenvalue weighted by molar-refractivity contribution is 0.305. The number of hydrogen-bond acceptors (Lipinski definition) is 2. The molecule has 15 heavy (non-hydrogen) atoms. The van der Waals surface area contributed by atoms with Gasteiger partial charge >= 0.3 is 0 Å². The molecule has 0 aliphatic rings. The summed E-state index contributed by atoms with van der Waals surface area (Å²) in [7, 11) is 0. The smallest absolute Gasteiger partial charge is 0.104 e. The SMILES string of the molecule is OCC#Cc1ccc(C#CCCO)cc1. The number of rotatable bonds is 1. The van der Waals surface area contributed by atoms with Crippen molar-refractivity contribution in [3.63, 3.8) is 0 Å². The Morgan fingerprint density at radius 2 is 1.40 bits per heavy atom. The molecular formula is C13H12O2. The molecule has 76 valence electrons. The van der Waals surface area contributed by atoms with Crippen molar-refractivity contribution in [2.75, 3.05) is 13.2 Å². The van der Waals surface area contributed by atoms with Crippen LogP contribution in [-0.2, 0) is 0 Å². The first-order valence-corrected chi connectivity index (χ1v) is 4.66. The van der Waals surface area contributed by atoms with E-state index in [0.29, 0.717) is 6.42 Å². The molecule has 0 saturated carbocycles. The molecule has 0 amide bonds. The third-order valence-electron chi connectivity index (χ3n) is 1.67. The van der Waals surface area contributed by atoms with Gasteiger partial charge in [-0.25, -0.2) is 0 Å². The molecule has 0 unspecified atom stereocenters. The quantitative estimate of drug-likeness (QED) is 0.657.